The highest BCUT2D eigenvalue weighted by Crippen LogP contribution is 2.07. The Morgan fingerprint density at radius 1 is 1.57 bits per heavy atom. The van der Waals surface area contributed by atoms with Crippen LogP contribution in [0, 0.1) is 6.42 Å². The average molecular weight is 102 g/mol. The summed E-state index contributed by atoms with van der Waals surface area (Å²) in [4.78, 5) is 4.53. The van der Waals surface area contributed by atoms with Crippen LogP contribution in [0.1, 0.15) is 20.8 Å². The second-order valence-corrected chi connectivity index (χ2v) is 2.01. The van der Waals surface area contributed by atoms with Crippen molar-refractivity contribution in [2.45, 2.75) is 26.4 Å². The molecule has 0 aromatic rings. The lowest BCUT2D eigenvalue weighted by molar-refractivity contribution is 0.00659. The Morgan fingerprint density at radius 2 is 2.00 bits per heavy atom. The van der Waals surface area contributed by atoms with Crippen LogP contribution in [0.2, 0.25) is 0 Å². The quantitative estimate of drug-likeness (QED) is 0.525. The third-order valence-corrected chi connectivity index (χ3v) is 0.999. The lowest BCUT2D eigenvalue weighted by Crippen LogP contribution is -2.27. The third-order valence-electron chi connectivity index (χ3n) is 0.999. The molecule has 0 amide bonds. The van der Waals surface area contributed by atoms with Crippen molar-refractivity contribution in [2.75, 3.05) is 0 Å². The molecule has 0 saturated heterocycles. The van der Waals surface area contributed by atoms with Gasteiger partial charge in [-0.1, -0.05) is 6.92 Å². The summed E-state index contributed by atoms with van der Waals surface area (Å²) in [6.07, 6.45) is 1.90. The lowest BCUT2D eigenvalue weighted by Gasteiger charge is -2.17. The van der Waals surface area contributed by atoms with Gasteiger partial charge in [-0.25, -0.2) is 5.90 Å². The van der Waals surface area contributed by atoms with E-state index in [1.54, 1.807) is 0 Å². The fourth-order valence-electron chi connectivity index (χ4n) is 0.0680. The molecule has 43 valence electrons. The van der Waals surface area contributed by atoms with E-state index in [1.165, 1.54) is 0 Å². The van der Waals surface area contributed by atoms with Crippen molar-refractivity contribution >= 4 is 0 Å². The fraction of sp³-hybridized carbons (Fsp3) is 0.800. The molecule has 0 aliphatic rings. The van der Waals surface area contributed by atoms with Crippen molar-refractivity contribution in [3.63, 3.8) is 0 Å². The van der Waals surface area contributed by atoms with Gasteiger partial charge in [-0.05, 0) is 20.3 Å². The van der Waals surface area contributed by atoms with Crippen LogP contribution in [-0.4, -0.2) is 5.60 Å². The third kappa shape index (κ3) is 2.60. The predicted octanol–water partition coefficient (Wildman–Crippen LogP) is 0.879. The van der Waals surface area contributed by atoms with Gasteiger partial charge >= 0.3 is 0 Å². The Kier molecular flexibility index (Phi) is 2.26. The molecule has 1 radical (unpaired) electrons. The van der Waals surface area contributed by atoms with Crippen LogP contribution in [0.3, 0.4) is 0 Å². The summed E-state index contributed by atoms with van der Waals surface area (Å²) in [5.41, 5.74) is -0.264. The summed E-state index contributed by atoms with van der Waals surface area (Å²) in [5.74, 6) is 4.89. The van der Waals surface area contributed by atoms with E-state index in [1.807, 2.05) is 27.2 Å². The van der Waals surface area contributed by atoms with Gasteiger partial charge in [0.05, 0.1) is 5.60 Å². The average Bonchev–Trinajstić information content (AvgIpc) is 1.68. The smallest absolute Gasteiger partial charge is 0.0866 e. The van der Waals surface area contributed by atoms with E-state index in [4.69, 9.17) is 5.90 Å². The SMILES string of the molecule is C[CH]C(C)(C)ON. The molecule has 2 nitrogen and oxygen atoms in total. The molecule has 0 saturated carbocycles. The molecule has 2 heteroatoms. The van der Waals surface area contributed by atoms with Crippen LogP contribution < -0.4 is 5.90 Å². The van der Waals surface area contributed by atoms with Gasteiger partial charge < -0.3 is 0 Å². The van der Waals surface area contributed by atoms with Crippen LogP contribution in [-0.2, 0) is 4.84 Å². The summed E-state index contributed by atoms with van der Waals surface area (Å²) < 4.78 is 0. The second-order valence-electron chi connectivity index (χ2n) is 2.01. The molecule has 0 atom stereocenters. The molecule has 0 aliphatic heterocycles. The molecule has 0 unspecified atom stereocenters. The second kappa shape index (κ2) is 2.28. The van der Waals surface area contributed by atoms with Crippen LogP contribution in [0.15, 0.2) is 0 Å². The summed E-state index contributed by atoms with van der Waals surface area (Å²) in [6.45, 7) is 5.70. The molecular formula is C5H12NO. The van der Waals surface area contributed by atoms with E-state index in [9.17, 15) is 0 Å². The molecule has 0 aromatic heterocycles. The Hall–Kier alpha value is -0.0800. The number of hydrogen-bond acceptors (Lipinski definition) is 2. The first kappa shape index (κ1) is 6.92. The summed E-state index contributed by atoms with van der Waals surface area (Å²) >= 11 is 0. The van der Waals surface area contributed by atoms with Crippen LogP contribution in [0.5, 0.6) is 0 Å². The first-order chi connectivity index (χ1) is 3.12. The maximum atomic E-state index is 4.89. The van der Waals surface area contributed by atoms with Gasteiger partial charge in [0, 0.05) is 0 Å². The molecule has 0 bridgehead atoms. The zero-order valence-electron chi connectivity index (χ0n) is 5.06. The molecule has 2 N–H and O–H groups in total. The summed E-state index contributed by atoms with van der Waals surface area (Å²) in [7, 11) is 0. The van der Waals surface area contributed by atoms with Crippen LogP contribution >= 0.6 is 0 Å². The Balaban J connectivity index is 3.36. The van der Waals surface area contributed by atoms with Gasteiger partial charge in [-0.15, -0.1) is 0 Å². The van der Waals surface area contributed by atoms with Gasteiger partial charge in [-0.2, -0.15) is 0 Å². The van der Waals surface area contributed by atoms with Gasteiger partial charge in [0.25, 0.3) is 0 Å². The number of hydrogen-bond donors (Lipinski definition) is 1. The maximum absolute atomic E-state index is 4.89. The van der Waals surface area contributed by atoms with Gasteiger partial charge in [0.1, 0.15) is 0 Å². The monoisotopic (exact) mass is 102 g/mol. The number of nitrogens with two attached hydrogens (primary N) is 1. The molecule has 0 aromatic carbocycles. The summed E-state index contributed by atoms with van der Waals surface area (Å²) in [5, 5.41) is 0. The highest BCUT2D eigenvalue weighted by molar-refractivity contribution is 4.80. The van der Waals surface area contributed by atoms with E-state index in [0.717, 1.165) is 0 Å². The van der Waals surface area contributed by atoms with Crippen molar-refractivity contribution in [2.24, 2.45) is 5.90 Å². The molecule has 0 aliphatic carbocycles. The molecule has 0 heterocycles. The van der Waals surface area contributed by atoms with E-state index >= 15 is 0 Å². The molecule has 0 fully saturated rings. The Labute approximate surface area is 44.6 Å². The summed E-state index contributed by atoms with van der Waals surface area (Å²) in [6, 6.07) is 0. The zero-order chi connectivity index (χ0) is 5.91. The van der Waals surface area contributed by atoms with Crippen molar-refractivity contribution < 1.29 is 4.84 Å². The molecular weight excluding hydrogens is 90.1 g/mol. The van der Waals surface area contributed by atoms with Crippen LogP contribution in [0.25, 0.3) is 0 Å². The topological polar surface area (TPSA) is 35.2 Å². The van der Waals surface area contributed by atoms with E-state index in [-0.39, 0.29) is 5.60 Å². The van der Waals surface area contributed by atoms with Gasteiger partial charge in [0.2, 0.25) is 0 Å². The molecule has 0 rings (SSSR count). The minimum absolute atomic E-state index is 0.264. The predicted molar refractivity (Wildman–Crippen MR) is 29.3 cm³/mol. The van der Waals surface area contributed by atoms with Crippen molar-refractivity contribution in [1.82, 2.24) is 0 Å². The van der Waals surface area contributed by atoms with E-state index in [2.05, 4.69) is 4.84 Å². The highest BCUT2D eigenvalue weighted by Gasteiger charge is 2.12. The normalized spacial score (nSPS) is 12.0. The first-order valence-corrected chi connectivity index (χ1v) is 2.31. The van der Waals surface area contributed by atoms with Crippen molar-refractivity contribution in [1.29, 1.82) is 0 Å². The highest BCUT2D eigenvalue weighted by atomic mass is 16.6. The van der Waals surface area contributed by atoms with E-state index < -0.39 is 0 Å². The van der Waals surface area contributed by atoms with Gasteiger partial charge in [-0.3, -0.25) is 4.84 Å². The van der Waals surface area contributed by atoms with E-state index in [0.29, 0.717) is 0 Å². The Morgan fingerprint density at radius 3 is 2.00 bits per heavy atom. The first-order valence-electron chi connectivity index (χ1n) is 2.31. The van der Waals surface area contributed by atoms with Crippen molar-refractivity contribution in [3.8, 4) is 0 Å². The standard InChI is InChI=1S/C5H12NO/c1-4-5(2,3)7-6/h4H,6H2,1-3H3. The Bertz CT molecular complexity index is 46.0. The minimum atomic E-state index is -0.264. The van der Waals surface area contributed by atoms with Crippen molar-refractivity contribution in [3.05, 3.63) is 6.42 Å². The molecule has 7 heavy (non-hydrogen) atoms. The largest absolute Gasteiger partial charge is 0.298 e. The number of rotatable bonds is 2. The minimum Gasteiger partial charge on any atom is -0.298 e. The maximum Gasteiger partial charge on any atom is 0.0866 e. The zero-order valence-corrected chi connectivity index (χ0v) is 5.06. The van der Waals surface area contributed by atoms with Gasteiger partial charge in [0.15, 0.2) is 0 Å². The fourth-order valence-corrected chi connectivity index (χ4v) is 0.0680. The molecule has 0 spiro atoms. The van der Waals surface area contributed by atoms with Crippen LogP contribution in [0.4, 0.5) is 0 Å². The lowest BCUT2D eigenvalue weighted by atomic mass is 10.1.